The molecule has 182 valence electrons. The van der Waals surface area contributed by atoms with Crippen LogP contribution in [-0.4, -0.2) is 76.5 Å². The molecule has 0 saturated carbocycles. The third kappa shape index (κ3) is 5.75. The zero-order chi connectivity index (χ0) is 24.1. The van der Waals surface area contributed by atoms with Crippen molar-refractivity contribution in [3.8, 4) is 5.75 Å². The third-order valence-corrected chi connectivity index (χ3v) is 7.77. The summed E-state index contributed by atoms with van der Waals surface area (Å²) < 4.78 is 36.2. The van der Waals surface area contributed by atoms with Crippen LogP contribution < -0.4 is 9.64 Å². The molecule has 0 radical (unpaired) electrons. The standard InChI is InChI=1S/C24H29N3O5S2/c1-3-32-20-9-5-10-21-22(20)25-24(33-21)27(12-6-11-26-13-15-31-16-14-26)23(28)18-7-4-8-19(17-18)34(2,29)30/h4-5,7-10,17H,3,6,11-16H2,1-2H3. The fourth-order valence-electron chi connectivity index (χ4n) is 3.88. The molecule has 0 unspecified atom stereocenters. The van der Waals surface area contributed by atoms with Crippen LogP contribution >= 0.6 is 11.3 Å². The summed E-state index contributed by atoms with van der Waals surface area (Å²) in [7, 11) is -3.43. The Morgan fingerprint density at radius 1 is 1.21 bits per heavy atom. The molecule has 1 aliphatic rings. The number of amides is 1. The Kier molecular flexibility index (Phi) is 7.82. The van der Waals surface area contributed by atoms with E-state index in [0.29, 0.717) is 29.6 Å². The number of anilines is 1. The van der Waals surface area contributed by atoms with Crippen LogP contribution in [0.5, 0.6) is 5.75 Å². The van der Waals surface area contributed by atoms with Gasteiger partial charge in [0.15, 0.2) is 15.0 Å². The number of carbonyl (C=O) groups excluding carboxylic acids is 1. The smallest absolute Gasteiger partial charge is 0.260 e. The maximum atomic E-state index is 13.6. The number of hydrogen-bond donors (Lipinski definition) is 0. The topological polar surface area (TPSA) is 89.0 Å². The van der Waals surface area contributed by atoms with Crippen molar-refractivity contribution in [2.45, 2.75) is 18.2 Å². The Hall–Kier alpha value is -2.53. The molecule has 10 heteroatoms. The Labute approximate surface area is 204 Å². The fraction of sp³-hybridized carbons (Fsp3) is 0.417. The van der Waals surface area contributed by atoms with Crippen LogP contribution in [-0.2, 0) is 14.6 Å². The van der Waals surface area contributed by atoms with Crippen molar-refractivity contribution < 1.29 is 22.7 Å². The Bertz CT molecular complexity index is 1250. The van der Waals surface area contributed by atoms with E-state index in [2.05, 4.69) is 4.90 Å². The lowest BCUT2D eigenvalue weighted by Crippen LogP contribution is -2.39. The van der Waals surface area contributed by atoms with E-state index in [1.807, 2.05) is 25.1 Å². The summed E-state index contributed by atoms with van der Waals surface area (Å²) >= 11 is 1.43. The van der Waals surface area contributed by atoms with Gasteiger partial charge in [-0.05, 0) is 43.7 Å². The first-order valence-electron chi connectivity index (χ1n) is 11.3. The summed E-state index contributed by atoms with van der Waals surface area (Å²) in [6, 6.07) is 11.9. The van der Waals surface area contributed by atoms with Crippen LogP contribution in [0.25, 0.3) is 10.2 Å². The normalized spacial score (nSPS) is 14.9. The molecule has 1 fully saturated rings. The van der Waals surface area contributed by atoms with E-state index in [1.165, 1.54) is 23.5 Å². The van der Waals surface area contributed by atoms with Crippen molar-refractivity contribution in [3.05, 3.63) is 48.0 Å². The number of ether oxygens (including phenoxy) is 2. The van der Waals surface area contributed by atoms with Gasteiger partial charge in [0, 0.05) is 38.0 Å². The van der Waals surface area contributed by atoms with Gasteiger partial charge < -0.3 is 9.47 Å². The van der Waals surface area contributed by atoms with Crippen LogP contribution in [0, 0.1) is 0 Å². The molecule has 3 aromatic rings. The molecule has 0 atom stereocenters. The number of para-hydroxylation sites is 1. The van der Waals surface area contributed by atoms with Crippen molar-refractivity contribution in [3.63, 3.8) is 0 Å². The highest BCUT2D eigenvalue weighted by Crippen LogP contribution is 2.35. The lowest BCUT2D eigenvalue weighted by atomic mass is 10.2. The highest BCUT2D eigenvalue weighted by molar-refractivity contribution is 7.90. The number of fused-ring (bicyclic) bond motifs is 1. The van der Waals surface area contributed by atoms with Crippen molar-refractivity contribution in [2.75, 3.05) is 57.2 Å². The summed E-state index contributed by atoms with van der Waals surface area (Å²) in [4.78, 5) is 22.5. The average molecular weight is 504 g/mol. The highest BCUT2D eigenvalue weighted by Gasteiger charge is 2.24. The van der Waals surface area contributed by atoms with Gasteiger partial charge in [0.2, 0.25) is 0 Å². The van der Waals surface area contributed by atoms with E-state index in [0.717, 1.165) is 55.7 Å². The number of sulfone groups is 1. The number of carbonyl (C=O) groups is 1. The summed E-state index contributed by atoms with van der Waals surface area (Å²) in [5.74, 6) is 0.409. The molecule has 0 N–H and O–H groups in total. The number of thiazole rings is 1. The lowest BCUT2D eigenvalue weighted by molar-refractivity contribution is 0.0376. The molecule has 0 spiro atoms. The van der Waals surface area contributed by atoms with Crippen LogP contribution in [0.15, 0.2) is 47.4 Å². The molecule has 2 heterocycles. The zero-order valence-corrected chi connectivity index (χ0v) is 21.0. The molecular weight excluding hydrogens is 474 g/mol. The molecule has 2 aromatic carbocycles. The van der Waals surface area contributed by atoms with Gasteiger partial charge >= 0.3 is 0 Å². The molecule has 1 saturated heterocycles. The minimum atomic E-state index is -3.43. The first kappa shape index (κ1) is 24.6. The molecule has 4 rings (SSSR count). The largest absolute Gasteiger partial charge is 0.492 e. The van der Waals surface area contributed by atoms with E-state index < -0.39 is 9.84 Å². The summed E-state index contributed by atoms with van der Waals surface area (Å²) in [6.07, 6.45) is 1.89. The summed E-state index contributed by atoms with van der Waals surface area (Å²) in [5.41, 5.74) is 1.04. The van der Waals surface area contributed by atoms with Crippen LogP contribution in [0.1, 0.15) is 23.7 Å². The first-order valence-corrected chi connectivity index (χ1v) is 14.0. The van der Waals surface area contributed by atoms with Crippen LogP contribution in [0.3, 0.4) is 0 Å². The predicted octanol–water partition coefficient (Wildman–Crippen LogP) is 3.47. The second-order valence-corrected chi connectivity index (χ2v) is 11.1. The van der Waals surface area contributed by atoms with Crippen LogP contribution in [0.2, 0.25) is 0 Å². The highest BCUT2D eigenvalue weighted by atomic mass is 32.2. The van der Waals surface area contributed by atoms with E-state index >= 15 is 0 Å². The van der Waals surface area contributed by atoms with Gasteiger partial charge in [0.25, 0.3) is 5.91 Å². The Balaban J connectivity index is 1.64. The molecule has 8 nitrogen and oxygen atoms in total. The maximum absolute atomic E-state index is 13.6. The molecule has 1 amide bonds. The number of nitrogens with zero attached hydrogens (tertiary/aromatic N) is 3. The van der Waals surface area contributed by atoms with E-state index in [9.17, 15) is 13.2 Å². The van der Waals surface area contributed by atoms with E-state index in [1.54, 1.807) is 17.0 Å². The maximum Gasteiger partial charge on any atom is 0.260 e. The Morgan fingerprint density at radius 2 is 1.97 bits per heavy atom. The summed E-state index contributed by atoms with van der Waals surface area (Å²) in [6.45, 7) is 6.94. The van der Waals surface area contributed by atoms with Gasteiger partial charge in [-0.2, -0.15) is 0 Å². The Morgan fingerprint density at radius 3 is 2.71 bits per heavy atom. The number of aromatic nitrogens is 1. The van der Waals surface area contributed by atoms with Crippen LogP contribution in [0.4, 0.5) is 5.13 Å². The van der Waals surface area contributed by atoms with E-state index in [-0.39, 0.29) is 10.8 Å². The van der Waals surface area contributed by atoms with Gasteiger partial charge in [-0.3, -0.25) is 14.6 Å². The SMILES string of the molecule is CCOc1cccc2sc(N(CCCN3CCOCC3)C(=O)c3cccc(S(C)(=O)=O)c3)nc12. The minimum absolute atomic E-state index is 0.120. The second kappa shape index (κ2) is 10.8. The molecule has 0 aliphatic carbocycles. The zero-order valence-electron chi connectivity index (χ0n) is 19.4. The van der Waals surface area contributed by atoms with Gasteiger partial charge in [0.1, 0.15) is 11.3 Å². The van der Waals surface area contributed by atoms with Crippen molar-refractivity contribution in [1.29, 1.82) is 0 Å². The molecule has 0 bridgehead atoms. The van der Waals surface area contributed by atoms with Gasteiger partial charge in [0.05, 0.1) is 29.4 Å². The van der Waals surface area contributed by atoms with Gasteiger partial charge in [-0.25, -0.2) is 13.4 Å². The molecule has 1 aliphatic heterocycles. The van der Waals surface area contributed by atoms with Crippen molar-refractivity contribution in [1.82, 2.24) is 9.88 Å². The summed E-state index contributed by atoms with van der Waals surface area (Å²) in [5, 5.41) is 0.568. The molecule has 34 heavy (non-hydrogen) atoms. The first-order chi connectivity index (χ1) is 16.4. The predicted molar refractivity (Wildman–Crippen MR) is 134 cm³/mol. The minimum Gasteiger partial charge on any atom is -0.492 e. The quantitative estimate of drug-likeness (QED) is 0.442. The number of hydrogen-bond acceptors (Lipinski definition) is 8. The number of benzene rings is 2. The fourth-order valence-corrected chi connectivity index (χ4v) is 5.55. The van der Waals surface area contributed by atoms with Crippen molar-refractivity contribution >= 4 is 42.4 Å². The van der Waals surface area contributed by atoms with Crippen molar-refractivity contribution in [2.24, 2.45) is 0 Å². The van der Waals surface area contributed by atoms with E-state index in [4.69, 9.17) is 14.5 Å². The second-order valence-electron chi connectivity index (χ2n) is 8.10. The number of morpholine rings is 1. The molecule has 1 aromatic heterocycles. The third-order valence-electron chi connectivity index (χ3n) is 5.62. The van der Waals surface area contributed by atoms with Gasteiger partial charge in [-0.15, -0.1) is 0 Å². The van der Waals surface area contributed by atoms with Gasteiger partial charge in [-0.1, -0.05) is 23.5 Å². The monoisotopic (exact) mass is 503 g/mol. The molecular formula is C24H29N3O5S2. The number of rotatable bonds is 9. The lowest BCUT2D eigenvalue weighted by Gasteiger charge is -2.27. The average Bonchev–Trinajstić information content (AvgIpc) is 3.27.